The fourth-order valence-electron chi connectivity index (χ4n) is 5.32. The smallest absolute Gasteiger partial charge is 0.408 e. The van der Waals surface area contributed by atoms with Gasteiger partial charge in [0.05, 0.1) is 19.3 Å². The van der Waals surface area contributed by atoms with Crippen LogP contribution in [-0.4, -0.2) is 53.9 Å². The Labute approximate surface area is 236 Å². The number of ether oxygens (including phenoxy) is 2. The van der Waals surface area contributed by atoms with Crippen LogP contribution >= 0.6 is 0 Å². The third-order valence-corrected chi connectivity index (χ3v) is 7.78. The van der Waals surface area contributed by atoms with Crippen LogP contribution in [0.25, 0.3) is 0 Å². The second-order valence-corrected chi connectivity index (χ2v) is 11.2. The molecule has 2 aliphatic heterocycles. The van der Waals surface area contributed by atoms with Gasteiger partial charge in [0.1, 0.15) is 23.9 Å². The number of nitrogens with one attached hydrogen (secondary N) is 3. The molecule has 9 nitrogen and oxygen atoms in total. The van der Waals surface area contributed by atoms with Crippen molar-refractivity contribution in [3.05, 3.63) is 65.7 Å². The van der Waals surface area contributed by atoms with E-state index in [0.29, 0.717) is 19.4 Å². The zero-order valence-corrected chi connectivity index (χ0v) is 23.4. The Hall–Kier alpha value is -3.59. The minimum absolute atomic E-state index is 0.0523. The van der Waals surface area contributed by atoms with E-state index in [2.05, 4.69) is 16.0 Å². The first-order valence-corrected chi connectivity index (χ1v) is 14.2. The van der Waals surface area contributed by atoms with E-state index in [1.54, 1.807) is 0 Å². The summed E-state index contributed by atoms with van der Waals surface area (Å²) in [6.45, 7) is 4.50. The van der Waals surface area contributed by atoms with Crippen molar-refractivity contribution in [1.29, 1.82) is 0 Å². The maximum atomic E-state index is 13.7. The lowest BCUT2D eigenvalue weighted by atomic mass is 10.00. The number of benzene rings is 2. The van der Waals surface area contributed by atoms with Crippen molar-refractivity contribution in [3.63, 3.8) is 0 Å². The van der Waals surface area contributed by atoms with Crippen molar-refractivity contribution in [2.45, 2.75) is 76.6 Å². The second-order valence-electron chi connectivity index (χ2n) is 11.2. The number of aliphatic hydroxyl groups excluding tert-OH is 1. The van der Waals surface area contributed by atoms with Crippen molar-refractivity contribution in [1.82, 2.24) is 16.0 Å². The van der Waals surface area contributed by atoms with Gasteiger partial charge in [-0.25, -0.2) is 4.79 Å². The molecule has 2 unspecified atom stereocenters. The fourth-order valence-corrected chi connectivity index (χ4v) is 5.32. The molecule has 4 N–H and O–H groups in total. The van der Waals surface area contributed by atoms with E-state index in [1.165, 1.54) is 0 Å². The second kappa shape index (κ2) is 13.7. The zero-order chi connectivity index (χ0) is 28.5. The van der Waals surface area contributed by atoms with Gasteiger partial charge in [0.25, 0.3) is 0 Å². The summed E-state index contributed by atoms with van der Waals surface area (Å²) in [5.74, 6) is 0.0860. The summed E-state index contributed by atoms with van der Waals surface area (Å²) in [5.41, 5.74) is 0.566. The molecule has 1 fully saturated rings. The van der Waals surface area contributed by atoms with Gasteiger partial charge in [-0.2, -0.15) is 0 Å². The Morgan fingerprint density at radius 2 is 1.85 bits per heavy atom. The molecule has 2 bridgehead atoms. The zero-order valence-electron chi connectivity index (χ0n) is 23.4. The van der Waals surface area contributed by atoms with Crippen LogP contribution in [0.2, 0.25) is 0 Å². The number of alkyl carbamates (subject to hydrolysis) is 1. The van der Waals surface area contributed by atoms with Crippen LogP contribution in [0.4, 0.5) is 4.79 Å². The highest BCUT2D eigenvalue weighted by Gasteiger charge is 2.62. The van der Waals surface area contributed by atoms with E-state index in [9.17, 15) is 19.5 Å². The van der Waals surface area contributed by atoms with Crippen LogP contribution in [0.1, 0.15) is 57.1 Å². The molecule has 1 saturated carbocycles. The molecule has 3 aliphatic rings. The van der Waals surface area contributed by atoms with E-state index >= 15 is 0 Å². The van der Waals surface area contributed by atoms with E-state index in [-0.39, 0.29) is 37.4 Å². The lowest BCUT2D eigenvalue weighted by Crippen LogP contribution is -2.58. The number of hydrogen-bond donors (Lipinski definition) is 4. The summed E-state index contributed by atoms with van der Waals surface area (Å²) in [4.78, 5) is 40.0. The van der Waals surface area contributed by atoms with Crippen LogP contribution in [0.15, 0.2) is 54.6 Å². The largest absolute Gasteiger partial charge is 0.494 e. The molecule has 216 valence electrons. The summed E-state index contributed by atoms with van der Waals surface area (Å²) >= 11 is 0. The van der Waals surface area contributed by atoms with Crippen LogP contribution in [0.3, 0.4) is 0 Å². The summed E-state index contributed by atoms with van der Waals surface area (Å²) in [5, 5.41) is 18.6. The van der Waals surface area contributed by atoms with Gasteiger partial charge in [0.2, 0.25) is 11.8 Å². The molecule has 3 amide bonds. The first kappa shape index (κ1) is 29.4. The maximum Gasteiger partial charge on any atom is 0.408 e. The van der Waals surface area contributed by atoms with Crippen molar-refractivity contribution < 1.29 is 29.0 Å². The molecule has 2 aromatic carbocycles. The molecule has 9 heteroatoms. The highest BCUT2D eigenvalue weighted by Crippen LogP contribution is 2.48. The summed E-state index contributed by atoms with van der Waals surface area (Å²) in [6.07, 6.45) is 3.21. The normalized spacial score (nSPS) is 25.8. The van der Waals surface area contributed by atoms with Gasteiger partial charge in [0.15, 0.2) is 0 Å². The predicted octanol–water partition coefficient (Wildman–Crippen LogP) is 3.48. The SMILES string of the molecule is CC(C)C1CC12NC(=O)[C@@H](NC(=O)OCc1ccccc1)Cc1ccc(cc1)OCCCCC[C@@H](CO)NC2=O. The third-order valence-electron chi connectivity index (χ3n) is 7.78. The molecule has 1 aliphatic carbocycles. The number of rotatable bonds is 5. The van der Waals surface area contributed by atoms with E-state index < -0.39 is 29.6 Å². The lowest BCUT2D eigenvalue weighted by molar-refractivity contribution is -0.132. The van der Waals surface area contributed by atoms with Crippen LogP contribution < -0.4 is 20.7 Å². The van der Waals surface area contributed by atoms with Gasteiger partial charge in [-0.1, -0.05) is 62.7 Å². The average Bonchev–Trinajstić information content (AvgIpc) is 3.69. The minimum Gasteiger partial charge on any atom is -0.494 e. The molecular weight excluding hydrogens is 510 g/mol. The van der Waals surface area contributed by atoms with E-state index in [4.69, 9.17) is 9.47 Å². The number of aliphatic hydroxyl groups is 1. The first-order chi connectivity index (χ1) is 19.3. The summed E-state index contributed by atoms with van der Waals surface area (Å²) in [7, 11) is 0. The molecule has 40 heavy (non-hydrogen) atoms. The van der Waals surface area contributed by atoms with Gasteiger partial charge in [-0.05, 0) is 60.8 Å². The summed E-state index contributed by atoms with van der Waals surface area (Å²) < 4.78 is 11.2. The molecule has 2 heterocycles. The number of carbonyl (C=O) groups excluding carboxylic acids is 3. The number of amides is 3. The number of fused-ring (bicyclic) bond motifs is 13. The topological polar surface area (TPSA) is 126 Å². The first-order valence-electron chi connectivity index (χ1n) is 14.2. The van der Waals surface area contributed by atoms with Crippen LogP contribution in [0, 0.1) is 11.8 Å². The molecule has 0 saturated heterocycles. The van der Waals surface area contributed by atoms with Crippen molar-refractivity contribution >= 4 is 17.9 Å². The highest BCUT2D eigenvalue weighted by molar-refractivity contribution is 5.97. The third kappa shape index (κ3) is 7.75. The van der Waals surface area contributed by atoms with Crippen LogP contribution in [-0.2, 0) is 27.4 Å². The van der Waals surface area contributed by atoms with Crippen LogP contribution in [0.5, 0.6) is 5.75 Å². The standard InChI is InChI=1S/C31H41N3O6/c1-21(2)26-18-31(26)29(37)32-24(19-35)11-7-4-8-16-39-25-14-12-22(13-15-25)17-27(28(36)34-31)33-30(38)40-20-23-9-5-3-6-10-23/h3,5-6,9-10,12-15,21,24,26-27,35H,4,7-8,11,16-20H2,1-2H3,(H,32,37)(H,33,38)(H,34,36)/t24-,26?,27-,31?/m0/s1. The lowest BCUT2D eigenvalue weighted by Gasteiger charge is -2.27. The van der Waals surface area contributed by atoms with Crippen molar-refractivity contribution in [2.75, 3.05) is 13.2 Å². The van der Waals surface area contributed by atoms with Crippen molar-refractivity contribution in [3.8, 4) is 5.75 Å². The maximum absolute atomic E-state index is 13.7. The van der Waals surface area contributed by atoms with Gasteiger partial charge >= 0.3 is 6.09 Å². The van der Waals surface area contributed by atoms with Gasteiger partial charge in [0, 0.05) is 6.42 Å². The van der Waals surface area contributed by atoms with Gasteiger partial charge < -0.3 is 30.5 Å². The van der Waals surface area contributed by atoms with E-state index in [0.717, 1.165) is 36.1 Å². The van der Waals surface area contributed by atoms with Crippen molar-refractivity contribution in [2.24, 2.45) is 11.8 Å². The fraction of sp³-hybridized carbons (Fsp3) is 0.516. The Balaban J connectivity index is 1.55. The molecule has 0 aromatic heterocycles. The minimum atomic E-state index is -1.09. The molecule has 4 atom stereocenters. The molecule has 5 rings (SSSR count). The molecular formula is C31H41N3O6. The Kier molecular flexibility index (Phi) is 10.0. The Bertz CT molecular complexity index is 1140. The monoisotopic (exact) mass is 551 g/mol. The van der Waals surface area contributed by atoms with E-state index in [1.807, 2.05) is 68.4 Å². The number of carbonyl (C=O) groups is 3. The quantitative estimate of drug-likeness (QED) is 0.451. The summed E-state index contributed by atoms with van der Waals surface area (Å²) in [6, 6.07) is 15.4. The van der Waals surface area contributed by atoms with Gasteiger partial charge in [-0.3, -0.25) is 9.59 Å². The Morgan fingerprint density at radius 3 is 2.52 bits per heavy atom. The number of hydrogen-bond acceptors (Lipinski definition) is 6. The molecule has 1 spiro atoms. The van der Waals surface area contributed by atoms with Gasteiger partial charge in [-0.15, -0.1) is 0 Å². The predicted molar refractivity (Wildman–Crippen MR) is 150 cm³/mol. The average molecular weight is 552 g/mol. The molecule has 0 radical (unpaired) electrons. The molecule has 2 aromatic rings. The highest BCUT2D eigenvalue weighted by atomic mass is 16.5. The Morgan fingerprint density at radius 1 is 1.10 bits per heavy atom.